The van der Waals surface area contributed by atoms with Crippen molar-refractivity contribution in [3.05, 3.63) is 0 Å². The molecule has 1 aliphatic heterocycles. The van der Waals surface area contributed by atoms with Gasteiger partial charge in [-0.25, -0.2) is 0 Å². The van der Waals surface area contributed by atoms with Gasteiger partial charge in [-0.1, -0.05) is 6.92 Å². The van der Waals surface area contributed by atoms with E-state index in [-0.39, 0.29) is 11.8 Å². The molecule has 0 bridgehead atoms. The Morgan fingerprint density at radius 2 is 2.56 bits per heavy atom. The summed E-state index contributed by atoms with van der Waals surface area (Å²) in [6.45, 7) is 2.54. The van der Waals surface area contributed by atoms with Crippen LogP contribution in [0.15, 0.2) is 0 Å². The fourth-order valence-corrected chi connectivity index (χ4v) is 0.934. The van der Waals surface area contributed by atoms with Crippen LogP contribution >= 0.6 is 0 Å². The number of hydrogen-bond acceptors (Lipinski definition) is 2. The normalized spacial score (nSPS) is 33.6. The molecule has 1 heterocycles. The van der Waals surface area contributed by atoms with Gasteiger partial charge in [0.15, 0.2) is 0 Å². The Labute approximate surface area is 53.7 Å². The molecule has 1 amide bonds. The lowest BCUT2D eigenvalue weighted by Gasteiger charge is -1.98. The van der Waals surface area contributed by atoms with Gasteiger partial charge >= 0.3 is 0 Å². The van der Waals surface area contributed by atoms with Crippen LogP contribution < -0.4 is 5.32 Å². The predicted molar refractivity (Wildman–Crippen MR) is 31.3 cm³/mol. The monoisotopic (exact) mass is 124 g/mol. The summed E-state index contributed by atoms with van der Waals surface area (Å²) in [5, 5.41) is 11.0. The topological polar surface area (TPSA) is 52.9 Å². The van der Waals surface area contributed by atoms with E-state index in [4.69, 9.17) is 5.26 Å². The van der Waals surface area contributed by atoms with Crippen molar-refractivity contribution in [2.75, 3.05) is 6.54 Å². The highest BCUT2D eigenvalue weighted by molar-refractivity contribution is 5.83. The van der Waals surface area contributed by atoms with E-state index in [9.17, 15) is 4.79 Å². The zero-order valence-corrected chi connectivity index (χ0v) is 5.22. The maximum atomic E-state index is 10.7. The molecule has 3 nitrogen and oxygen atoms in total. The zero-order valence-electron chi connectivity index (χ0n) is 5.22. The Morgan fingerprint density at radius 1 is 1.89 bits per heavy atom. The molecular weight excluding hydrogens is 116 g/mol. The third-order valence-electron chi connectivity index (χ3n) is 1.59. The lowest BCUT2D eigenvalue weighted by atomic mass is 10.00. The fraction of sp³-hybridized carbons (Fsp3) is 0.667. The van der Waals surface area contributed by atoms with Crippen molar-refractivity contribution in [1.29, 1.82) is 5.26 Å². The van der Waals surface area contributed by atoms with E-state index in [2.05, 4.69) is 5.32 Å². The highest BCUT2D eigenvalue weighted by Crippen LogP contribution is 2.14. The average Bonchev–Trinajstić information content (AvgIpc) is 2.12. The zero-order chi connectivity index (χ0) is 6.85. The molecule has 0 aromatic rings. The van der Waals surface area contributed by atoms with E-state index in [1.165, 1.54) is 0 Å². The third kappa shape index (κ3) is 0.879. The van der Waals surface area contributed by atoms with Gasteiger partial charge in [0.1, 0.15) is 5.92 Å². The van der Waals surface area contributed by atoms with Crippen molar-refractivity contribution in [2.24, 2.45) is 11.8 Å². The number of rotatable bonds is 0. The smallest absolute Gasteiger partial charge is 0.237 e. The van der Waals surface area contributed by atoms with E-state index >= 15 is 0 Å². The van der Waals surface area contributed by atoms with E-state index in [1.807, 2.05) is 13.0 Å². The molecule has 0 aliphatic carbocycles. The van der Waals surface area contributed by atoms with Crippen molar-refractivity contribution in [2.45, 2.75) is 6.92 Å². The number of carbonyl (C=O) groups excluding carboxylic acids is 1. The summed E-state index contributed by atoms with van der Waals surface area (Å²) in [4.78, 5) is 10.7. The molecule has 48 valence electrons. The quantitative estimate of drug-likeness (QED) is 0.490. The second-order valence-electron chi connectivity index (χ2n) is 2.33. The van der Waals surface area contributed by atoms with E-state index in [0.29, 0.717) is 6.54 Å². The van der Waals surface area contributed by atoms with Crippen molar-refractivity contribution in [3.63, 3.8) is 0 Å². The second kappa shape index (κ2) is 2.06. The molecule has 1 aliphatic rings. The van der Waals surface area contributed by atoms with Crippen molar-refractivity contribution in [1.82, 2.24) is 5.32 Å². The molecule has 1 saturated heterocycles. The number of nitrogens with one attached hydrogen (secondary N) is 1. The maximum absolute atomic E-state index is 10.7. The van der Waals surface area contributed by atoms with Gasteiger partial charge in [-0.15, -0.1) is 0 Å². The van der Waals surface area contributed by atoms with Crippen LogP contribution in [0.2, 0.25) is 0 Å². The van der Waals surface area contributed by atoms with Gasteiger partial charge in [0.05, 0.1) is 6.07 Å². The Bertz CT molecular complexity index is 170. The highest BCUT2D eigenvalue weighted by Gasteiger charge is 2.30. The van der Waals surface area contributed by atoms with Crippen LogP contribution in [0.4, 0.5) is 0 Å². The van der Waals surface area contributed by atoms with Crippen LogP contribution in [0.5, 0.6) is 0 Å². The molecule has 1 rings (SSSR count). The van der Waals surface area contributed by atoms with Crippen molar-refractivity contribution < 1.29 is 4.79 Å². The number of amides is 1. The lowest BCUT2D eigenvalue weighted by Crippen LogP contribution is -2.17. The van der Waals surface area contributed by atoms with Gasteiger partial charge in [-0.2, -0.15) is 5.26 Å². The van der Waals surface area contributed by atoms with Crippen molar-refractivity contribution >= 4 is 5.91 Å². The Morgan fingerprint density at radius 3 is 2.78 bits per heavy atom. The van der Waals surface area contributed by atoms with E-state index in [1.54, 1.807) is 0 Å². The molecule has 3 heteroatoms. The third-order valence-corrected chi connectivity index (χ3v) is 1.59. The van der Waals surface area contributed by atoms with Crippen LogP contribution in [0, 0.1) is 23.2 Å². The summed E-state index contributed by atoms with van der Waals surface area (Å²) >= 11 is 0. The summed E-state index contributed by atoms with van der Waals surface area (Å²) in [5.74, 6) is -0.350. The average molecular weight is 124 g/mol. The maximum Gasteiger partial charge on any atom is 0.237 e. The van der Waals surface area contributed by atoms with Crippen LogP contribution in [0.1, 0.15) is 6.92 Å². The van der Waals surface area contributed by atoms with E-state index in [0.717, 1.165) is 0 Å². The number of nitriles is 1. The number of hydrogen-bond donors (Lipinski definition) is 1. The molecule has 2 atom stereocenters. The number of nitrogens with zero attached hydrogens (tertiary/aromatic N) is 1. The summed E-state index contributed by atoms with van der Waals surface area (Å²) in [5.41, 5.74) is 0. The Hall–Kier alpha value is -1.04. The van der Waals surface area contributed by atoms with Crippen LogP contribution in [-0.4, -0.2) is 12.5 Å². The van der Waals surface area contributed by atoms with Gasteiger partial charge in [0.25, 0.3) is 0 Å². The molecule has 1 N–H and O–H groups in total. The molecule has 0 saturated carbocycles. The Balaban J connectivity index is 2.69. The minimum Gasteiger partial charge on any atom is -0.355 e. The van der Waals surface area contributed by atoms with Gasteiger partial charge < -0.3 is 5.32 Å². The van der Waals surface area contributed by atoms with Gasteiger partial charge in [0, 0.05) is 6.54 Å². The summed E-state index contributed by atoms with van der Waals surface area (Å²) in [7, 11) is 0. The first kappa shape index (κ1) is 6.09. The van der Waals surface area contributed by atoms with Crippen molar-refractivity contribution in [3.8, 4) is 6.07 Å². The summed E-state index contributed by atoms with van der Waals surface area (Å²) in [6, 6.07) is 1.95. The first-order chi connectivity index (χ1) is 4.25. The van der Waals surface area contributed by atoms with Crippen LogP contribution in [-0.2, 0) is 4.79 Å². The summed E-state index contributed by atoms with van der Waals surface area (Å²) < 4.78 is 0. The first-order valence-corrected chi connectivity index (χ1v) is 2.93. The largest absolute Gasteiger partial charge is 0.355 e. The molecule has 9 heavy (non-hydrogen) atoms. The molecule has 1 fully saturated rings. The molecule has 0 spiro atoms. The van der Waals surface area contributed by atoms with Gasteiger partial charge in [-0.3, -0.25) is 4.79 Å². The Kier molecular flexibility index (Phi) is 1.39. The minimum atomic E-state index is -0.412. The molecular formula is C6H8N2O. The molecule has 0 aromatic carbocycles. The van der Waals surface area contributed by atoms with Gasteiger partial charge in [0.2, 0.25) is 5.91 Å². The highest BCUT2D eigenvalue weighted by atomic mass is 16.2. The second-order valence-corrected chi connectivity index (χ2v) is 2.33. The number of carbonyl (C=O) groups is 1. The standard InChI is InChI=1S/C6H8N2O/c1-4-3-8-6(9)5(4)2-7/h4-5H,3H2,1H3,(H,8,9). The molecule has 2 unspecified atom stereocenters. The van der Waals surface area contributed by atoms with Crippen LogP contribution in [0.25, 0.3) is 0 Å². The minimum absolute atomic E-state index is 0.120. The fourth-order valence-electron chi connectivity index (χ4n) is 0.934. The summed E-state index contributed by atoms with van der Waals surface area (Å²) in [6.07, 6.45) is 0. The van der Waals surface area contributed by atoms with Gasteiger partial charge in [-0.05, 0) is 5.92 Å². The first-order valence-electron chi connectivity index (χ1n) is 2.93. The molecule has 0 aromatic heterocycles. The van der Waals surface area contributed by atoms with E-state index < -0.39 is 5.92 Å². The van der Waals surface area contributed by atoms with Crippen LogP contribution in [0.3, 0.4) is 0 Å². The molecule has 0 radical (unpaired) electrons. The lowest BCUT2D eigenvalue weighted by molar-refractivity contribution is -0.121. The predicted octanol–water partition coefficient (Wildman–Crippen LogP) is -0.108. The SMILES string of the molecule is CC1CNC(=O)C1C#N.